The molecule has 0 aliphatic carbocycles. The molecule has 1 rings (SSSR count). The maximum atomic E-state index is 11.2. The van der Waals surface area contributed by atoms with Crippen LogP contribution in [0.2, 0.25) is 0 Å². The number of hydrogen-bond donors (Lipinski definition) is 0. The first-order chi connectivity index (χ1) is 5.65. The van der Waals surface area contributed by atoms with Gasteiger partial charge < -0.3 is 4.74 Å². The molecule has 66 valence electrons. The van der Waals surface area contributed by atoms with Crippen molar-refractivity contribution in [1.29, 1.82) is 0 Å². The number of pyridine rings is 1. The van der Waals surface area contributed by atoms with Crippen molar-refractivity contribution in [1.82, 2.24) is 4.57 Å². The second-order valence-corrected chi connectivity index (χ2v) is 4.19. The van der Waals surface area contributed by atoms with Gasteiger partial charge in [-0.3, -0.25) is 9.36 Å². The Labute approximate surface area is 84.5 Å². The SMILES string of the molecule is COc1ccc(=O)n(C(C)I)c1. The number of methoxy groups -OCH3 is 1. The molecule has 1 aromatic rings. The van der Waals surface area contributed by atoms with E-state index >= 15 is 0 Å². The van der Waals surface area contributed by atoms with Crippen LogP contribution in [0.4, 0.5) is 0 Å². The van der Waals surface area contributed by atoms with Gasteiger partial charge in [-0.25, -0.2) is 0 Å². The van der Waals surface area contributed by atoms with Gasteiger partial charge in [-0.15, -0.1) is 0 Å². The Bertz CT molecular complexity index is 319. The number of ether oxygens (including phenoxy) is 1. The molecule has 0 bridgehead atoms. The number of rotatable bonds is 2. The molecule has 1 aromatic heterocycles. The van der Waals surface area contributed by atoms with Crippen molar-refractivity contribution in [2.45, 2.75) is 11.0 Å². The van der Waals surface area contributed by atoms with Crippen LogP contribution in [0.5, 0.6) is 5.75 Å². The Hall–Kier alpha value is -0.520. The Balaban J connectivity index is 3.17. The van der Waals surface area contributed by atoms with E-state index in [1.54, 1.807) is 23.9 Å². The fourth-order valence-corrected chi connectivity index (χ4v) is 1.32. The normalized spacial score (nSPS) is 12.6. The summed E-state index contributed by atoms with van der Waals surface area (Å²) in [4.78, 5) is 11.2. The van der Waals surface area contributed by atoms with E-state index < -0.39 is 0 Å². The van der Waals surface area contributed by atoms with E-state index in [0.29, 0.717) is 5.75 Å². The minimum atomic E-state index is -0.00213. The van der Waals surface area contributed by atoms with E-state index in [1.807, 2.05) is 6.92 Å². The van der Waals surface area contributed by atoms with Gasteiger partial charge >= 0.3 is 0 Å². The predicted molar refractivity (Wildman–Crippen MR) is 56.0 cm³/mol. The Morgan fingerprint density at radius 3 is 2.75 bits per heavy atom. The lowest BCUT2D eigenvalue weighted by Crippen LogP contribution is -2.18. The Morgan fingerprint density at radius 1 is 1.58 bits per heavy atom. The van der Waals surface area contributed by atoms with Crippen molar-refractivity contribution < 1.29 is 4.74 Å². The number of aromatic nitrogens is 1. The molecule has 0 aliphatic rings. The van der Waals surface area contributed by atoms with Gasteiger partial charge in [0, 0.05) is 6.07 Å². The number of alkyl halides is 1. The van der Waals surface area contributed by atoms with Crippen molar-refractivity contribution in [3.8, 4) is 5.75 Å². The lowest BCUT2D eigenvalue weighted by molar-refractivity contribution is 0.408. The number of hydrogen-bond acceptors (Lipinski definition) is 2. The van der Waals surface area contributed by atoms with E-state index in [4.69, 9.17) is 4.74 Å². The van der Waals surface area contributed by atoms with Gasteiger partial charge in [0.15, 0.2) is 0 Å². The summed E-state index contributed by atoms with van der Waals surface area (Å²) in [5, 5.41) is 0. The lowest BCUT2D eigenvalue weighted by Gasteiger charge is -2.08. The van der Waals surface area contributed by atoms with Crippen LogP contribution >= 0.6 is 22.6 Å². The van der Waals surface area contributed by atoms with Crippen molar-refractivity contribution in [2.24, 2.45) is 0 Å². The van der Waals surface area contributed by atoms with E-state index in [2.05, 4.69) is 22.6 Å². The average molecular weight is 279 g/mol. The summed E-state index contributed by atoms with van der Waals surface area (Å²) in [5.41, 5.74) is -0.00213. The van der Waals surface area contributed by atoms with E-state index in [0.717, 1.165) is 0 Å². The molecule has 4 heteroatoms. The largest absolute Gasteiger partial charge is 0.495 e. The van der Waals surface area contributed by atoms with Crippen LogP contribution in [0.1, 0.15) is 11.0 Å². The van der Waals surface area contributed by atoms with Crippen LogP contribution < -0.4 is 10.3 Å². The molecule has 3 nitrogen and oxygen atoms in total. The first-order valence-corrected chi connectivity index (χ1v) is 4.80. The molecule has 0 fully saturated rings. The smallest absolute Gasteiger partial charge is 0.251 e. The van der Waals surface area contributed by atoms with Gasteiger partial charge in [-0.2, -0.15) is 0 Å². The van der Waals surface area contributed by atoms with Gasteiger partial charge in [-0.05, 0) is 13.0 Å². The highest BCUT2D eigenvalue weighted by atomic mass is 127. The molecular formula is C8H10INO2. The molecule has 0 N–H and O–H groups in total. The first-order valence-electron chi connectivity index (χ1n) is 3.55. The maximum absolute atomic E-state index is 11.2. The molecule has 1 atom stereocenters. The zero-order chi connectivity index (χ0) is 9.14. The summed E-state index contributed by atoms with van der Waals surface area (Å²) in [7, 11) is 1.59. The summed E-state index contributed by atoms with van der Waals surface area (Å²) in [6, 6.07) is 3.17. The van der Waals surface area contributed by atoms with Crippen molar-refractivity contribution in [3.05, 3.63) is 28.7 Å². The molecule has 12 heavy (non-hydrogen) atoms. The van der Waals surface area contributed by atoms with Crippen LogP contribution in [0.15, 0.2) is 23.1 Å². The summed E-state index contributed by atoms with van der Waals surface area (Å²) in [5.74, 6) is 0.707. The third-order valence-corrected chi connectivity index (χ3v) is 2.13. The van der Waals surface area contributed by atoms with Crippen LogP contribution in [0.25, 0.3) is 0 Å². The fourth-order valence-electron chi connectivity index (χ4n) is 0.882. The minimum Gasteiger partial charge on any atom is -0.495 e. The number of nitrogens with zero attached hydrogens (tertiary/aromatic N) is 1. The van der Waals surface area contributed by atoms with Crippen LogP contribution in [0, 0.1) is 0 Å². The quantitative estimate of drug-likeness (QED) is 0.610. The standard InChI is InChI=1S/C8H10INO2/c1-6(9)10-5-7(12-2)3-4-8(10)11/h3-6H,1-2H3. The molecule has 0 spiro atoms. The predicted octanol–water partition coefficient (Wildman–Crippen LogP) is 1.81. The molecule has 0 radical (unpaired) electrons. The van der Waals surface area contributed by atoms with Gasteiger partial charge in [0.2, 0.25) is 0 Å². The monoisotopic (exact) mass is 279 g/mol. The minimum absolute atomic E-state index is 0.00213. The number of halogens is 1. The summed E-state index contributed by atoms with van der Waals surface area (Å²) in [6.45, 7) is 1.95. The van der Waals surface area contributed by atoms with Crippen molar-refractivity contribution in [3.63, 3.8) is 0 Å². The lowest BCUT2D eigenvalue weighted by atomic mass is 10.4. The van der Waals surface area contributed by atoms with Crippen LogP contribution in [-0.2, 0) is 0 Å². The van der Waals surface area contributed by atoms with E-state index in [9.17, 15) is 4.79 Å². The molecule has 0 amide bonds. The van der Waals surface area contributed by atoms with Gasteiger partial charge in [0.1, 0.15) is 5.75 Å². The van der Waals surface area contributed by atoms with Gasteiger partial charge in [0.05, 0.1) is 17.4 Å². The Kier molecular flexibility index (Phi) is 3.13. The van der Waals surface area contributed by atoms with Gasteiger partial charge in [0.25, 0.3) is 5.56 Å². The van der Waals surface area contributed by atoms with Crippen LogP contribution in [0.3, 0.4) is 0 Å². The molecule has 0 aliphatic heterocycles. The molecule has 1 heterocycles. The molecule has 0 aromatic carbocycles. The highest BCUT2D eigenvalue weighted by Gasteiger charge is 2.02. The second kappa shape index (κ2) is 3.93. The van der Waals surface area contributed by atoms with Crippen LogP contribution in [-0.4, -0.2) is 11.7 Å². The summed E-state index contributed by atoms with van der Waals surface area (Å²) < 4.78 is 6.77. The van der Waals surface area contributed by atoms with Crippen molar-refractivity contribution in [2.75, 3.05) is 7.11 Å². The third kappa shape index (κ3) is 2.00. The summed E-state index contributed by atoms with van der Waals surface area (Å²) in [6.07, 6.45) is 1.71. The third-order valence-electron chi connectivity index (χ3n) is 1.53. The molecular weight excluding hydrogens is 269 g/mol. The molecule has 0 saturated heterocycles. The zero-order valence-corrected chi connectivity index (χ0v) is 9.11. The van der Waals surface area contributed by atoms with E-state index in [-0.39, 0.29) is 9.61 Å². The Morgan fingerprint density at radius 2 is 2.25 bits per heavy atom. The maximum Gasteiger partial charge on any atom is 0.251 e. The van der Waals surface area contributed by atoms with Crippen molar-refractivity contribution >= 4 is 22.6 Å². The highest BCUT2D eigenvalue weighted by Crippen LogP contribution is 2.14. The first kappa shape index (κ1) is 9.57. The topological polar surface area (TPSA) is 31.2 Å². The fraction of sp³-hybridized carbons (Fsp3) is 0.375. The highest BCUT2D eigenvalue weighted by molar-refractivity contribution is 14.1. The second-order valence-electron chi connectivity index (χ2n) is 2.39. The molecule has 0 saturated carbocycles. The summed E-state index contributed by atoms with van der Waals surface area (Å²) >= 11 is 2.17. The molecule has 1 unspecified atom stereocenters. The van der Waals surface area contributed by atoms with Gasteiger partial charge in [-0.1, -0.05) is 22.6 Å². The van der Waals surface area contributed by atoms with E-state index in [1.165, 1.54) is 6.07 Å². The zero-order valence-electron chi connectivity index (χ0n) is 6.95. The average Bonchev–Trinajstić information content (AvgIpc) is 2.05.